The van der Waals surface area contributed by atoms with Gasteiger partial charge in [0.1, 0.15) is 0 Å². The highest BCUT2D eigenvalue weighted by molar-refractivity contribution is 14.0. The Hall–Kier alpha value is -2.13. The molecule has 1 fully saturated rings. The lowest BCUT2D eigenvalue weighted by atomic mass is 9.99. The Balaban J connectivity index is 0.00000324. The van der Waals surface area contributed by atoms with E-state index >= 15 is 0 Å². The molecule has 0 spiro atoms. The number of amides is 1. The Morgan fingerprint density at radius 3 is 2.62 bits per heavy atom. The highest BCUT2D eigenvalue weighted by Gasteiger charge is 2.22. The van der Waals surface area contributed by atoms with Crippen LogP contribution in [0.25, 0.3) is 0 Å². The number of nitrogens with one attached hydrogen (secondary N) is 2. The summed E-state index contributed by atoms with van der Waals surface area (Å²) < 4.78 is 0. The predicted octanol–water partition coefficient (Wildman–Crippen LogP) is 3.80. The second kappa shape index (κ2) is 13.7. The van der Waals surface area contributed by atoms with Crippen molar-refractivity contribution in [3.05, 3.63) is 71.3 Å². The van der Waals surface area contributed by atoms with Gasteiger partial charge in [-0.1, -0.05) is 54.6 Å². The summed E-state index contributed by atoms with van der Waals surface area (Å²) in [5, 5.41) is 6.99. The molecule has 2 aliphatic heterocycles. The van der Waals surface area contributed by atoms with Crippen LogP contribution in [0.4, 0.5) is 0 Å². The van der Waals surface area contributed by atoms with Gasteiger partial charge in [0, 0.05) is 52.2 Å². The summed E-state index contributed by atoms with van der Waals surface area (Å²) in [6.45, 7) is 5.47. The number of benzene rings is 2. The number of piperidine rings is 1. The molecule has 2 N–H and O–H groups in total. The van der Waals surface area contributed by atoms with Crippen LogP contribution in [-0.4, -0.2) is 60.9 Å². The van der Waals surface area contributed by atoms with E-state index in [9.17, 15) is 4.79 Å². The van der Waals surface area contributed by atoms with Crippen molar-refractivity contribution in [1.29, 1.82) is 0 Å². The highest BCUT2D eigenvalue weighted by Crippen LogP contribution is 2.19. The van der Waals surface area contributed by atoms with Crippen LogP contribution in [0.3, 0.4) is 0 Å². The number of hydrogen-bond donors (Lipinski definition) is 2. The molecule has 7 heteroatoms. The minimum absolute atomic E-state index is 0. The number of aliphatic imine (C=N–C) groups is 1. The molecule has 184 valence electrons. The van der Waals surface area contributed by atoms with Crippen molar-refractivity contribution < 1.29 is 4.79 Å². The van der Waals surface area contributed by atoms with Gasteiger partial charge in [-0.25, -0.2) is 0 Å². The lowest BCUT2D eigenvalue weighted by Gasteiger charge is -2.34. The Morgan fingerprint density at radius 2 is 1.82 bits per heavy atom. The van der Waals surface area contributed by atoms with Gasteiger partial charge in [-0.2, -0.15) is 0 Å². The topological polar surface area (TPSA) is 60.0 Å². The third kappa shape index (κ3) is 7.70. The zero-order valence-electron chi connectivity index (χ0n) is 20.2. The lowest BCUT2D eigenvalue weighted by Crippen LogP contribution is -2.51. The predicted molar refractivity (Wildman–Crippen MR) is 149 cm³/mol. The standard InChI is InChI=1S/C27H37N5O.HI/c1-28-27(30-25-13-8-17-31(21-25)19-22-9-3-2-4-10-22)29-16-7-14-26(33)32-18-15-23-11-5-6-12-24(23)20-32;/h2-6,9-12,25H,7-8,13-21H2,1H3,(H2,28,29,30);1H. The first-order valence-electron chi connectivity index (χ1n) is 12.3. The van der Waals surface area contributed by atoms with Crippen LogP contribution in [0, 0.1) is 0 Å². The molecule has 6 nitrogen and oxygen atoms in total. The Labute approximate surface area is 221 Å². The average Bonchev–Trinajstić information content (AvgIpc) is 2.86. The normalized spacial score (nSPS) is 18.6. The summed E-state index contributed by atoms with van der Waals surface area (Å²) in [7, 11) is 1.82. The van der Waals surface area contributed by atoms with Gasteiger partial charge in [-0.15, -0.1) is 24.0 Å². The quantitative estimate of drug-likeness (QED) is 0.228. The maximum absolute atomic E-state index is 12.7. The summed E-state index contributed by atoms with van der Waals surface area (Å²) >= 11 is 0. The molecule has 2 aromatic rings. The molecule has 1 atom stereocenters. The Bertz CT molecular complexity index is 936. The maximum atomic E-state index is 12.7. The average molecular weight is 576 g/mol. The van der Waals surface area contributed by atoms with Gasteiger partial charge in [0.25, 0.3) is 0 Å². The number of carbonyl (C=O) groups is 1. The second-order valence-electron chi connectivity index (χ2n) is 9.14. The molecule has 4 rings (SSSR count). The third-order valence-corrected chi connectivity index (χ3v) is 6.66. The monoisotopic (exact) mass is 575 g/mol. The van der Waals surface area contributed by atoms with Gasteiger partial charge in [-0.05, 0) is 48.9 Å². The molecule has 34 heavy (non-hydrogen) atoms. The largest absolute Gasteiger partial charge is 0.356 e. The molecule has 0 aromatic heterocycles. The van der Waals surface area contributed by atoms with E-state index in [-0.39, 0.29) is 29.9 Å². The number of nitrogens with zero attached hydrogens (tertiary/aromatic N) is 3. The Kier molecular flexibility index (Phi) is 10.7. The number of halogens is 1. The van der Waals surface area contributed by atoms with Crippen LogP contribution < -0.4 is 10.6 Å². The first kappa shape index (κ1) is 26.5. The number of rotatable bonds is 7. The van der Waals surface area contributed by atoms with Crippen molar-refractivity contribution in [1.82, 2.24) is 20.4 Å². The van der Waals surface area contributed by atoms with Crippen molar-refractivity contribution in [3.8, 4) is 0 Å². The fraction of sp³-hybridized carbons (Fsp3) is 0.481. The van der Waals surface area contributed by atoms with Crippen molar-refractivity contribution >= 4 is 35.8 Å². The summed E-state index contributed by atoms with van der Waals surface area (Å²) in [6, 6.07) is 19.5. The number of carbonyl (C=O) groups excluding carboxylic acids is 1. The number of fused-ring (bicyclic) bond motifs is 1. The zero-order valence-corrected chi connectivity index (χ0v) is 22.5. The van der Waals surface area contributed by atoms with Crippen molar-refractivity contribution in [2.45, 2.75) is 51.2 Å². The summed E-state index contributed by atoms with van der Waals surface area (Å²) in [5.41, 5.74) is 4.03. The first-order chi connectivity index (χ1) is 16.2. The molecule has 0 radical (unpaired) electrons. The summed E-state index contributed by atoms with van der Waals surface area (Å²) in [5.74, 6) is 1.08. The van der Waals surface area contributed by atoms with Gasteiger partial charge < -0.3 is 15.5 Å². The van der Waals surface area contributed by atoms with Gasteiger partial charge in [0.15, 0.2) is 5.96 Å². The van der Waals surface area contributed by atoms with Crippen LogP contribution in [-0.2, 0) is 24.3 Å². The number of likely N-dealkylation sites (tertiary alicyclic amines) is 1. The molecule has 0 saturated carbocycles. The molecule has 1 unspecified atom stereocenters. The van der Waals surface area contributed by atoms with E-state index in [1.54, 1.807) is 0 Å². The fourth-order valence-electron chi connectivity index (χ4n) is 4.86. The van der Waals surface area contributed by atoms with Gasteiger partial charge in [0.05, 0.1) is 0 Å². The molecular weight excluding hydrogens is 537 g/mol. The van der Waals surface area contributed by atoms with Crippen LogP contribution in [0.2, 0.25) is 0 Å². The molecule has 0 bridgehead atoms. The molecule has 2 aromatic carbocycles. The van der Waals surface area contributed by atoms with Crippen LogP contribution >= 0.6 is 24.0 Å². The number of guanidine groups is 1. The van der Waals surface area contributed by atoms with E-state index in [4.69, 9.17) is 0 Å². The highest BCUT2D eigenvalue weighted by atomic mass is 127. The van der Waals surface area contributed by atoms with Crippen LogP contribution in [0.15, 0.2) is 59.6 Å². The minimum atomic E-state index is 0. The lowest BCUT2D eigenvalue weighted by molar-refractivity contribution is -0.132. The molecular formula is C27H38IN5O. The van der Waals surface area contributed by atoms with Crippen molar-refractivity contribution in [2.75, 3.05) is 33.2 Å². The van der Waals surface area contributed by atoms with Crippen molar-refractivity contribution in [3.63, 3.8) is 0 Å². The van der Waals surface area contributed by atoms with Gasteiger partial charge in [0.2, 0.25) is 5.91 Å². The maximum Gasteiger partial charge on any atom is 0.222 e. The summed E-state index contributed by atoms with van der Waals surface area (Å²) in [6.07, 6.45) is 4.68. The third-order valence-electron chi connectivity index (χ3n) is 6.66. The SMILES string of the molecule is CN=C(NCCCC(=O)N1CCc2ccccc2C1)NC1CCCN(Cc2ccccc2)C1.I. The molecule has 0 aliphatic carbocycles. The van der Waals surface area contributed by atoms with Gasteiger partial charge in [-0.3, -0.25) is 14.7 Å². The van der Waals surface area contributed by atoms with E-state index < -0.39 is 0 Å². The van der Waals surface area contributed by atoms with Crippen LogP contribution in [0.1, 0.15) is 42.4 Å². The molecule has 1 saturated heterocycles. The van der Waals surface area contributed by atoms with E-state index in [1.807, 2.05) is 11.9 Å². The smallest absolute Gasteiger partial charge is 0.222 e. The fourth-order valence-corrected chi connectivity index (χ4v) is 4.86. The zero-order chi connectivity index (χ0) is 22.9. The molecule has 2 heterocycles. The van der Waals surface area contributed by atoms with E-state index in [1.165, 1.54) is 23.1 Å². The number of hydrogen-bond acceptors (Lipinski definition) is 3. The summed E-state index contributed by atoms with van der Waals surface area (Å²) in [4.78, 5) is 21.6. The van der Waals surface area contributed by atoms with E-state index in [0.29, 0.717) is 12.5 Å². The van der Waals surface area contributed by atoms with E-state index in [2.05, 4.69) is 75.1 Å². The van der Waals surface area contributed by atoms with E-state index in [0.717, 1.165) is 64.5 Å². The first-order valence-corrected chi connectivity index (χ1v) is 12.3. The van der Waals surface area contributed by atoms with Crippen molar-refractivity contribution in [2.24, 2.45) is 4.99 Å². The second-order valence-corrected chi connectivity index (χ2v) is 9.14. The molecule has 2 aliphatic rings. The molecule has 1 amide bonds. The van der Waals surface area contributed by atoms with Gasteiger partial charge >= 0.3 is 0 Å². The minimum Gasteiger partial charge on any atom is -0.356 e. The van der Waals surface area contributed by atoms with Crippen LogP contribution in [0.5, 0.6) is 0 Å². The Morgan fingerprint density at radius 1 is 1.06 bits per heavy atom.